The summed E-state index contributed by atoms with van der Waals surface area (Å²) in [6.07, 6.45) is 1.51. The molecule has 0 radical (unpaired) electrons. The van der Waals surface area contributed by atoms with Crippen LogP contribution in [0.5, 0.6) is 5.75 Å². The second-order valence-electron chi connectivity index (χ2n) is 6.74. The summed E-state index contributed by atoms with van der Waals surface area (Å²) in [7, 11) is 0. The summed E-state index contributed by atoms with van der Waals surface area (Å²) in [6.45, 7) is 3.11. The average molecular weight is 415 g/mol. The fourth-order valence-electron chi connectivity index (χ4n) is 3.21. The molecule has 7 heteroatoms. The first-order valence-electron chi connectivity index (χ1n) is 9.63. The van der Waals surface area contributed by atoms with Crippen LogP contribution in [0.15, 0.2) is 42.5 Å². The summed E-state index contributed by atoms with van der Waals surface area (Å²) < 4.78 is 5.35. The molecule has 1 aliphatic rings. The van der Waals surface area contributed by atoms with Crippen molar-refractivity contribution in [2.75, 3.05) is 23.4 Å². The number of hydrogen-bond acceptors (Lipinski definition) is 4. The molecule has 6 nitrogen and oxygen atoms in total. The van der Waals surface area contributed by atoms with E-state index < -0.39 is 0 Å². The van der Waals surface area contributed by atoms with Gasteiger partial charge in [0.15, 0.2) is 5.78 Å². The van der Waals surface area contributed by atoms with Crippen molar-refractivity contribution < 1.29 is 19.1 Å². The molecule has 0 aromatic heterocycles. The maximum Gasteiger partial charge on any atom is 0.227 e. The molecule has 1 N–H and O–H groups in total. The van der Waals surface area contributed by atoms with E-state index in [0.29, 0.717) is 47.3 Å². The van der Waals surface area contributed by atoms with Gasteiger partial charge in [-0.05, 0) is 55.8 Å². The van der Waals surface area contributed by atoms with Crippen molar-refractivity contribution in [1.82, 2.24) is 0 Å². The van der Waals surface area contributed by atoms with Gasteiger partial charge in [-0.25, -0.2) is 0 Å². The molecule has 3 rings (SSSR count). The van der Waals surface area contributed by atoms with Gasteiger partial charge in [-0.1, -0.05) is 11.6 Å². The lowest BCUT2D eigenvalue weighted by Crippen LogP contribution is -2.24. The number of halogens is 1. The number of nitrogens with zero attached hydrogens (tertiary/aromatic N) is 1. The summed E-state index contributed by atoms with van der Waals surface area (Å²) in [5.74, 6) is 0.378. The number of nitrogens with one attached hydrogen (secondary N) is 1. The topological polar surface area (TPSA) is 75.7 Å². The van der Waals surface area contributed by atoms with Gasteiger partial charge in [0.2, 0.25) is 11.8 Å². The minimum atomic E-state index is -0.273. The minimum Gasteiger partial charge on any atom is -0.494 e. The van der Waals surface area contributed by atoms with Crippen LogP contribution < -0.4 is 15.0 Å². The predicted octanol–water partition coefficient (Wildman–Crippen LogP) is 4.47. The second-order valence-corrected chi connectivity index (χ2v) is 7.15. The van der Waals surface area contributed by atoms with E-state index in [-0.39, 0.29) is 30.4 Å². The highest BCUT2D eigenvalue weighted by molar-refractivity contribution is 6.34. The number of hydrogen-bond donors (Lipinski definition) is 1. The van der Waals surface area contributed by atoms with Crippen molar-refractivity contribution in [3.05, 3.63) is 53.1 Å². The molecule has 1 heterocycles. The van der Waals surface area contributed by atoms with E-state index in [9.17, 15) is 14.4 Å². The third-order valence-electron chi connectivity index (χ3n) is 4.66. The molecule has 29 heavy (non-hydrogen) atoms. The summed E-state index contributed by atoms with van der Waals surface area (Å²) in [6, 6.07) is 11.9. The monoisotopic (exact) mass is 414 g/mol. The van der Waals surface area contributed by atoms with E-state index in [1.807, 2.05) is 6.92 Å². The summed E-state index contributed by atoms with van der Waals surface area (Å²) >= 11 is 6.29. The van der Waals surface area contributed by atoms with Crippen molar-refractivity contribution in [2.45, 2.75) is 32.6 Å². The molecule has 0 spiro atoms. The van der Waals surface area contributed by atoms with E-state index in [2.05, 4.69) is 5.32 Å². The van der Waals surface area contributed by atoms with Gasteiger partial charge in [-0.2, -0.15) is 0 Å². The Labute approximate surface area is 174 Å². The lowest BCUT2D eigenvalue weighted by molar-refractivity contribution is -0.117. The Morgan fingerprint density at radius 3 is 2.52 bits per heavy atom. The third kappa shape index (κ3) is 5.35. The standard InChI is InChI=1S/C22H23ClN2O4/c1-2-29-17-8-5-15(6-9-17)20(26)11-12-21(27)24-16-7-10-19(18(23)14-16)25-13-3-4-22(25)28/h5-10,14H,2-4,11-13H2,1H3,(H,24,27). The zero-order chi connectivity index (χ0) is 20.8. The van der Waals surface area contributed by atoms with Crippen molar-refractivity contribution in [3.63, 3.8) is 0 Å². The molecule has 0 aliphatic carbocycles. The molecule has 0 saturated carbocycles. The number of anilines is 2. The van der Waals surface area contributed by atoms with Crippen LogP contribution in [0.4, 0.5) is 11.4 Å². The van der Waals surface area contributed by atoms with Crippen LogP contribution in [-0.2, 0) is 9.59 Å². The number of benzene rings is 2. The van der Waals surface area contributed by atoms with E-state index in [0.717, 1.165) is 6.42 Å². The van der Waals surface area contributed by atoms with Gasteiger partial charge in [0, 0.05) is 37.1 Å². The molecule has 1 saturated heterocycles. The minimum absolute atomic E-state index is 0.0523. The summed E-state index contributed by atoms with van der Waals surface area (Å²) in [5, 5.41) is 3.15. The summed E-state index contributed by atoms with van der Waals surface area (Å²) in [5.41, 5.74) is 1.73. The maximum atomic E-state index is 12.3. The number of amides is 2. The van der Waals surface area contributed by atoms with Gasteiger partial charge in [-0.15, -0.1) is 0 Å². The number of ketones is 1. The van der Waals surface area contributed by atoms with Crippen LogP contribution in [-0.4, -0.2) is 30.7 Å². The van der Waals surface area contributed by atoms with E-state index in [1.54, 1.807) is 47.4 Å². The number of carbonyl (C=O) groups excluding carboxylic acids is 3. The van der Waals surface area contributed by atoms with Crippen LogP contribution >= 0.6 is 11.6 Å². The van der Waals surface area contributed by atoms with Crippen LogP contribution in [0.2, 0.25) is 5.02 Å². The van der Waals surface area contributed by atoms with Crippen LogP contribution in [0, 0.1) is 0 Å². The SMILES string of the molecule is CCOc1ccc(C(=O)CCC(=O)Nc2ccc(N3CCCC3=O)c(Cl)c2)cc1. The fraction of sp³-hybridized carbons (Fsp3) is 0.318. The van der Waals surface area contributed by atoms with Crippen LogP contribution in [0.25, 0.3) is 0 Å². The molecule has 2 amide bonds. The molecule has 2 aromatic rings. The van der Waals surface area contributed by atoms with Gasteiger partial charge in [0.1, 0.15) is 5.75 Å². The van der Waals surface area contributed by atoms with E-state index in [4.69, 9.17) is 16.3 Å². The summed E-state index contributed by atoms with van der Waals surface area (Å²) in [4.78, 5) is 38.0. The van der Waals surface area contributed by atoms with Gasteiger partial charge in [0.05, 0.1) is 17.3 Å². The van der Waals surface area contributed by atoms with E-state index >= 15 is 0 Å². The predicted molar refractivity (Wildman–Crippen MR) is 113 cm³/mol. The number of rotatable bonds is 8. The number of carbonyl (C=O) groups is 3. The molecule has 0 bridgehead atoms. The van der Waals surface area contributed by atoms with Gasteiger partial charge >= 0.3 is 0 Å². The average Bonchev–Trinajstić information content (AvgIpc) is 3.13. The Morgan fingerprint density at radius 1 is 1.14 bits per heavy atom. The first kappa shape index (κ1) is 20.9. The fourth-order valence-corrected chi connectivity index (χ4v) is 3.49. The van der Waals surface area contributed by atoms with Crippen LogP contribution in [0.1, 0.15) is 43.0 Å². The quantitative estimate of drug-likeness (QED) is 0.647. The molecule has 152 valence electrons. The Bertz CT molecular complexity index is 912. The lowest BCUT2D eigenvalue weighted by Gasteiger charge is -2.18. The third-order valence-corrected chi connectivity index (χ3v) is 4.96. The molecule has 2 aromatic carbocycles. The molecule has 0 atom stereocenters. The Morgan fingerprint density at radius 2 is 1.90 bits per heavy atom. The number of Topliss-reactive ketones (excluding diaryl/α,β-unsaturated/α-hetero) is 1. The highest BCUT2D eigenvalue weighted by Gasteiger charge is 2.23. The number of ether oxygens (including phenoxy) is 1. The highest BCUT2D eigenvalue weighted by atomic mass is 35.5. The Kier molecular flexibility index (Phi) is 6.88. The largest absolute Gasteiger partial charge is 0.494 e. The molecule has 1 aliphatic heterocycles. The second kappa shape index (κ2) is 9.56. The molecule has 0 unspecified atom stereocenters. The van der Waals surface area contributed by atoms with Gasteiger partial charge < -0.3 is 15.0 Å². The van der Waals surface area contributed by atoms with Crippen LogP contribution in [0.3, 0.4) is 0 Å². The van der Waals surface area contributed by atoms with Crippen molar-refractivity contribution in [2.24, 2.45) is 0 Å². The Hall–Kier alpha value is -2.86. The first-order valence-corrected chi connectivity index (χ1v) is 10.0. The zero-order valence-corrected chi connectivity index (χ0v) is 17.0. The van der Waals surface area contributed by atoms with E-state index in [1.165, 1.54) is 0 Å². The molecule has 1 fully saturated rings. The lowest BCUT2D eigenvalue weighted by atomic mass is 10.1. The smallest absolute Gasteiger partial charge is 0.227 e. The van der Waals surface area contributed by atoms with Gasteiger partial charge in [-0.3, -0.25) is 14.4 Å². The zero-order valence-electron chi connectivity index (χ0n) is 16.2. The molecular formula is C22H23ClN2O4. The maximum absolute atomic E-state index is 12.3. The van der Waals surface area contributed by atoms with Crippen molar-refractivity contribution >= 4 is 40.6 Å². The highest BCUT2D eigenvalue weighted by Crippen LogP contribution is 2.31. The van der Waals surface area contributed by atoms with Crippen molar-refractivity contribution in [3.8, 4) is 5.75 Å². The first-order chi connectivity index (χ1) is 14.0. The Balaban J connectivity index is 1.53. The molecular weight excluding hydrogens is 392 g/mol. The normalized spacial score (nSPS) is 13.4. The van der Waals surface area contributed by atoms with Gasteiger partial charge in [0.25, 0.3) is 0 Å². The van der Waals surface area contributed by atoms with Crippen molar-refractivity contribution in [1.29, 1.82) is 0 Å².